The lowest BCUT2D eigenvalue weighted by atomic mass is 10.2. The number of aromatic nitrogens is 3. The van der Waals surface area contributed by atoms with Crippen molar-refractivity contribution in [2.45, 2.75) is 6.04 Å². The van der Waals surface area contributed by atoms with Gasteiger partial charge < -0.3 is 5.32 Å². The summed E-state index contributed by atoms with van der Waals surface area (Å²) in [6, 6.07) is 5.07. The highest BCUT2D eigenvalue weighted by molar-refractivity contribution is 7.99. The number of hydrogen-bond acceptors (Lipinski definition) is 5. The van der Waals surface area contributed by atoms with Gasteiger partial charge >= 0.3 is 0 Å². The Hall–Kier alpha value is -1.57. The largest absolute Gasteiger partial charge is 0.323 e. The minimum atomic E-state index is -0.178. The van der Waals surface area contributed by atoms with Crippen LogP contribution in [0.3, 0.4) is 0 Å². The third kappa shape index (κ3) is 2.79. The average molecular weight is 310 g/mol. The molecule has 20 heavy (non-hydrogen) atoms. The van der Waals surface area contributed by atoms with Crippen molar-refractivity contribution in [1.29, 1.82) is 0 Å². The maximum atomic E-state index is 12.2. The third-order valence-corrected chi connectivity index (χ3v) is 4.09. The van der Waals surface area contributed by atoms with E-state index in [0.717, 1.165) is 17.3 Å². The van der Waals surface area contributed by atoms with Crippen LogP contribution >= 0.6 is 23.4 Å². The number of amides is 1. The minimum Gasteiger partial charge on any atom is -0.323 e. The van der Waals surface area contributed by atoms with Gasteiger partial charge in [-0.15, -0.1) is 11.8 Å². The first-order valence-corrected chi connectivity index (χ1v) is 7.54. The molecule has 1 fully saturated rings. The van der Waals surface area contributed by atoms with Gasteiger partial charge in [-0.1, -0.05) is 11.6 Å². The molecule has 1 saturated heterocycles. The van der Waals surface area contributed by atoms with Crippen molar-refractivity contribution < 1.29 is 4.79 Å². The smallest absolute Gasteiger partial charge is 0.242 e. The van der Waals surface area contributed by atoms with E-state index in [-0.39, 0.29) is 11.9 Å². The Bertz CT molecular complexity index is 612. The van der Waals surface area contributed by atoms with Crippen LogP contribution in [0.25, 0.3) is 5.69 Å². The Morgan fingerprint density at radius 2 is 2.45 bits per heavy atom. The molecule has 2 N–H and O–H groups in total. The van der Waals surface area contributed by atoms with Crippen LogP contribution in [0.4, 0.5) is 5.69 Å². The number of nitrogens with one attached hydrogen (secondary N) is 2. The molecule has 1 aliphatic rings. The zero-order valence-electron chi connectivity index (χ0n) is 10.4. The predicted molar refractivity (Wildman–Crippen MR) is 79.2 cm³/mol. The summed E-state index contributed by atoms with van der Waals surface area (Å²) >= 11 is 7.71. The van der Waals surface area contributed by atoms with E-state index in [2.05, 4.69) is 20.7 Å². The molecule has 1 amide bonds. The Balaban J connectivity index is 1.87. The highest BCUT2D eigenvalue weighted by Crippen LogP contribution is 2.24. The fraction of sp³-hybridized carbons (Fsp3) is 0.250. The molecular weight excluding hydrogens is 298 g/mol. The first-order valence-electron chi connectivity index (χ1n) is 6.00. The number of benzene rings is 1. The number of rotatable bonds is 3. The van der Waals surface area contributed by atoms with Crippen LogP contribution in [-0.4, -0.2) is 38.3 Å². The van der Waals surface area contributed by atoms with Gasteiger partial charge in [0.05, 0.1) is 17.4 Å². The second-order valence-corrected chi connectivity index (χ2v) is 5.73. The van der Waals surface area contributed by atoms with Crippen LogP contribution in [0, 0.1) is 0 Å². The molecule has 1 unspecified atom stereocenters. The zero-order valence-corrected chi connectivity index (χ0v) is 12.0. The highest BCUT2D eigenvalue weighted by Gasteiger charge is 2.23. The van der Waals surface area contributed by atoms with Gasteiger partial charge in [0.15, 0.2) is 0 Å². The Kier molecular flexibility index (Phi) is 3.90. The van der Waals surface area contributed by atoms with Gasteiger partial charge in [0.25, 0.3) is 0 Å². The van der Waals surface area contributed by atoms with Crippen molar-refractivity contribution in [2.24, 2.45) is 0 Å². The summed E-state index contributed by atoms with van der Waals surface area (Å²) in [5, 5.41) is 10.6. The second kappa shape index (κ2) is 5.82. The Morgan fingerprint density at radius 3 is 3.15 bits per heavy atom. The lowest BCUT2D eigenvalue weighted by molar-refractivity contribution is -0.117. The van der Waals surface area contributed by atoms with Crippen LogP contribution in [0.1, 0.15) is 0 Å². The van der Waals surface area contributed by atoms with Gasteiger partial charge in [0, 0.05) is 16.7 Å². The van der Waals surface area contributed by atoms with Crippen molar-refractivity contribution in [2.75, 3.05) is 16.9 Å². The van der Waals surface area contributed by atoms with Gasteiger partial charge in [0.1, 0.15) is 12.7 Å². The normalized spacial score (nSPS) is 18.1. The first kappa shape index (κ1) is 13.4. The predicted octanol–water partition coefficient (Wildman–Crippen LogP) is 1.52. The molecule has 0 saturated carbocycles. The molecule has 1 aromatic heterocycles. The van der Waals surface area contributed by atoms with Crippen molar-refractivity contribution in [3.63, 3.8) is 0 Å². The van der Waals surface area contributed by atoms with Gasteiger partial charge in [-0.05, 0) is 18.2 Å². The second-order valence-electron chi connectivity index (χ2n) is 4.26. The van der Waals surface area contributed by atoms with Gasteiger partial charge in [-0.25, -0.2) is 9.67 Å². The number of halogens is 1. The minimum absolute atomic E-state index is 0.0707. The Labute approximate surface area is 124 Å². The number of thioether (sulfide) groups is 1. The summed E-state index contributed by atoms with van der Waals surface area (Å²) < 4.78 is 1.59. The standard InChI is InChI=1S/C12H12ClN5OS/c13-8-1-2-11(18-6-14-5-16-18)9(3-8)17-12(19)10-4-20-7-15-10/h1-3,5-6,10,15H,4,7H2,(H,17,19). The quantitative estimate of drug-likeness (QED) is 0.899. The summed E-state index contributed by atoms with van der Waals surface area (Å²) in [5.41, 5.74) is 1.35. The van der Waals surface area contributed by atoms with Crippen molar-refractivity contribution in [3.05, 3.63) is 35.9 Å². The van der Waals surface area contributed by atoms with E-state index in [1.807, 2.05) is 0 Å². The number of nitrogens with zero attached hydrogens (tertiary/aromatic N) is 3. The van der Waals surface area contributed by atoms with E-state index >= 15 is 0 Å². The molecule has 104 valence electrons. The summed E-state index contributed by atoms with van der Waals surface area (Å²) in [5.74, 6) is 1.49. The van der Waals surface area contributed by atoms with E-state index < -0.39 is 0 Å². The summed E-state index contributed by atoms with van der Waals surface area (Å²) in [4.78, 5) is 16.1. The van der Waals surface area contributed by atoms with Crippen LogP contribution in [-0.2, 0) is 4.79 Å². The fourth-order valence-corrected chi connectivity index (χ4v) is 3.04. The van der Waals surface area contributed by atoms with E-state index in [9.17, 15) is 4.79 Å². The van der Waals surface area contributed by atoms with E-state index in [4.69, 9.17) is 11.6 Å². The average Bonchev–Trinajstić information content (AvgIpc) is 3.12. The van der Waals surface area contributed by atoms with Crippen molar-refractivity contribution >= 4 is 35.0 Å². The molecular formula is C12H12ClN5OS. The fourth-order valence-electron chi connectivity index (χ4n) is 1.92. The third-order valence-electron chi connectivity index (χ3n) is 2.91. The van der Waals surface area contributed by atoms with Crippen molar-refractivity contribution in [3.8, 4) is 5.69 Å². The Morgan fingerprint density at radius 1 is 1.55 bits per heavy atom. The van der Waals surface area contributed by atoms with Crippen LogP contribution < -0.4 is 10.6 Å². The molecule has 6 nitrogen and oxygen atoms in total. The molecule has 3 rings (SSSR count). The van der Waals surface area contributed by atoms with E-state index in [0.29, 0.717) is 10.7 Å². The van der Waals surface area contributed by atoms with Gasteiger partial charge in [0.2, 0.25) is 5.91 Å². The molecule has 1 aromatic carbocycles. The van der Waals surface area contributed by atoms with Crippen LogP contribution in [0.5, 0.6) is 0 Å². The molecule has 1 aliphatic heterocycles. The molecule has 2 heterocycles. The number of hydrogen-bond donors (Lipinski definition) is 2. The lowest BCUT2D eigenvalue weighted by Crippen LogP contribution is -2.37. The van der Waals surface area contributed by atoms with Gasteiger partial charge in [-0.2, -0.15) is 5.10 Å². The lowest BCUT2D eigenvalue weighted by Gasteiger charge is -2.14. The van der Waals surface area contributed by atoms with Crippen LogP contribution in [0.15, 0.2) is 30.9 Å². The molecule has 1 atom stereocenters. The number of anilines is 1. The SMILES string of the molecule is O=C(Nc1cc(Cl)ccc1-n1cncn1)C1CSCN1. The topological polar surface area (TPSA) is 71.8 Å². The monoisotopic (exact) mass is 309 g/mol. The molecule has 0 aliphatic carbocycles. The maximum Gasteiger partial charge on any atom is 0.242 e. The summed E-state index contributed by atoms with van der Waals surface area (Å²) in [6.45, 7) is 0. The van der Waals surface area contributed by atoms with Crippen LogP contribution in [0.2, 0.25) is 5.02 Å². The van der Waals surface area contributed by atoms with E-state index in [1.54, 1.807) is 41.0 Å². The molecule has 0 radical (unpaired) electrons. The molecule has 0 bridgehead atoms. The zero-order chi connectivity index (χ0) is 13.9. The van der Waals surface area contributed by atoms with E-state index in [1.165, 1.54) is 6.33 Å². The number of carbonyl (C=O) groups excluding carboxylic acids is 1. The molecule has 0 spiro atoms. The van der Waals surface area contributed by atoms with Crippen molar-refractivity contribution in [1.82, 2.24) is 20.1 Å². The van der Waals surface area contributed by atoms with Gasteiger partial charge in [-0.3, -0.25) is 10.1 Å². The summed E-state index contributed by atoms with van der Waals surface area (Å²) in [7, 11) is 0. The maximum absolute atomic E-state index is 12.2. The molecule has 8 heteroatoms. The highest BCUT2D eigenvalue weighted by atomic mass is 35.5. The number of carbonyl (C=O) groups is 1. The first-order chi connectivity index (χ1) is 9.74. The molecule has 2 aromatic rings. The summed E-state index contributed by atoms with van der Waals surface area (Å²) in [6.07, 6.45) is 3.01.